The largest absolute Gasteiger partial charge is 0.342 e. The predicted molar refractivity (Wildman–Crippen MR) is 94.9 cm³/mol. The summed E-state index contributed by atoms with van der Waals surface area (Å²) in [5, 5.41) is 3.68. The Morgan fingerprint density at radius 2 is 1.83 bits per heavy atom. The molecule has 0 spiro atoms. The zero-order valence-electron chi connectivity index (χ0n) is 14.4. The standard InChI is InChI=1S/C18H31N3O.ClH/c1-20-7-2-3-14-12-21(8-6-17(14)20)18(22)11-13-9-15-4-5-16(10-13)19-15;/h13-17,19H,2-12H2,1H3;1H. The summed E-state index contributed by atoms with van der Waals surface area (Å²) in [5.74, 6) is 1.80. The van der Waals surface area contributed by atoms with Gasteiger partial charge in [-0.05, 0) is 70.4 Å². The third-order valence-electron chi connectivity index (χ3n) is 6.73. The number of halogens is 1. The van der Waals surface area contributed by atoms with Crippen molar-refractivity contribution in [1.82, 2.24) is 15.1 Å². The van der Waals surface area contributed by atoms with Gasteiger partial charge in [0.05, 0.1) is 0 Å². The predicted octanol–water partition coefficient (Wildman–Crippen LogP) is 2.27. The first-order valence-corrected chi connectivity index (χ1v) is 9.43. The smallest absolute Gasteiger partial charge is 0.222 e. The highest BCUT2D eigenvalue weighted by molar-refractivity contribution is 5.85. The fourth-order valence-electron chi connectivity index (χ4n) is 5.60. The molecule has 4 aliphatic rings. The van der Waals surface area contributed by atoms with Crippen molar-refractivity contribution in [3.63, 3.8) is 0 Å². The monoisotopic (exact) mass is 341 g/mol. The number of amides is 1. The third-order valence-corrected chi connectivity index (χ3v) is 6.73. The van der Waals surface area contributed by atoms with E-state index in [9.17, 15) is 4.79 Å². The van der Waals surface area contributed by atoms with Gasteiger partial charge >= 0.3 is 0 Å². The Bertz CT molecular complexity index is 420. The van der Waals surface area contributed by atoms with Gasteiger partial charge in [-0.15, -0.1) is 12.4 Å². The minimum atomic E-state index is 0. The van der Waals surface area contributed by atoms with Crippen molar-refractivity contribution >= 4 is 18.3 Å². The van der Waals surface area contributed by atoms with Crippen LogP contribution in [0, 0.1) is 11.8 Å². The molecule has 0 aromatic heterocycles. The molecule has 1 N–H and O–H groups in total. The quantitative estimate of drug-likeness (QED) is 0.837. The fraction of sp³-hybridized carbons (Fsp3) is 0.944. The Balaban J connectivity index is 0.00000156. The summed E-state index contributed by atoms with van der Waals surface area (Å²) in [4.78, 5) is 17.5. The molecule has 23 heavy (non-hydrogen) atoms. The molecule has 4 saturated heterocycles. The van der Waals surface area contributed by atoms with E-state index in [0.29, 0.717) is 23.9 Å². The van der Waals surface area contributed by atoms with Crippen LogP contribution in [0.5, 0.6) is 0 Å². The molecular formula is C18H32ClN3O. The molecule has 132 valence electrons. The summed E-state index contributed by atoms with van der Waals surface area (Å²) in [7, 11) is 2.26. The maximum atomic E-state index is 12.7. The molecule has 1 amide bonds. The van der Waals surface area contributed by atoms with Crippen LogP contribution in [0.15, 0.2) is 0 Å². The van der Waals surface area contributed by atoms with Gasteiger partial charge in [0.1, 0.15) is 0 Å². The fourth-order valence-corrected chi connectivity index (χ4v) is 5.60. The van der Waals surface area contributed by atoms with Crippen LogP contribution in [0.3, 0.4) is 0 Å². The van der Waals surface area contributed by atoms with E-state index in [0.717, 1.165) is 31.5 Å². The van der Waals surface area contributed by atoms with Crippen LogP contribution >= 0.6 is 12.4 Å². The Morgan fingerprint density at radius 1 is 1.09 bits per heavy atom. The van der Waals surface area contributed by atoms with E-state index in [4.69, 9.17) is 0 Å². The number of hydrogen-bond donors (Lipinski definition) is 1. The lowest BCUT2D eigenvalue weighted by Gasteiger charge is -2.46. The normalized spacial score (nSPS) is 40.4. The van der Waals surface area contributed by atoms with Crippen molar-refractivity contribution in [3.05, 3.63) is 0 Å². The van der Waals surface area contributed by atoms with E-state index in [1.807, 2.05) is 0 Å². The van der Waals surface area contributed by atoms with E-state index >= 15 is 0 Å². The third kappa shape index (κ3) is 3.69. The van der Waals surface area contributed by atoms with E-state index in [1.54, 1.807) is 0 Å². The Hall–Kier alpha value is -0.320. The number of hydrogen-bond acceptors (Lipinski definition) is 3. The minimum Gasteiger partial charge on any atom is -0.342 e. The number of piperidine rings is 3. The van der Waals surface area contributed by atoms with Gasteiger partial charge < -0.3 is 15.1 Å². The number of likely N-dealkylation sites (tertiary alicyclic amines) is 2. The maximum Gasteiger partial charge on any atom is 0.222 e. The zero-order valence-corrected chi connectivity index (χ0v) is 15.2. The molecule has 0 aromatic rings. The minimum absolute atomic E-state index is 0. The van der Waals surface area contributed by atoms with E-state index in [1.165, 1.54) is 51.5 Å². The molecule has 4 atom stereocenters. The van der Waals surface area contributed by atoms with Crippen molar-refractivity contribution in [3.8, 4) is 0 Å². The Morgan fingerprint density at radius 3 is 2.57 bits per heavy atom. The van der Waals surface area contributed by atoms with Crippen LogP contribution in [0.4, 0.5) is 0 Å². The van der Waals surface area contributed by atoms with Gasteiger partial charge in [-0.1, -0.05) is 0 Å². The maximum absolute atomic E-state index is 12.7. The molecule has 0 radical (unpaired) electrons. The lowest BCUT2D eigenvalue weighted by molar-refractivity contribution is -0.136. The van der Waals surface area contributed by atoms with E-state index in [2.05, 4.69) is 22.2 Å². The summed E-state index contributed by atoms with van der Waals surface area (Å²) >= 11 is 0. The molecule has 4 fully saturated rings. The molecule has 5 heteroatoms. The molecule has 2 bridgehead atoms. The van der Waals surface area contributed by atoms with Gasteiger partial charge in [-0.2, -0.15) is 0 Å². The van der Waals surface area contributed by atoms with Crippen molar-refractivity contribution in [2.24, 2.45) is 11.8 Å². The van der Waals surface area contributed by atoms with E-state index < -0.39 is 0 Å². The van der Waals surface area contributed by atoms with Gasteiger partial charge in [-0.3, -0.25) is 4.79 Å². The second kappa shape index (κ2) is 7.28. The first-order chi connectivity index (χ1) is 10.7. The van der Waals surface area contributed by atoms with Gasteiger partial charge in [-0.25, -0.2) is 0 Å². The summed E-state index contributed by atoms with van der Waals surface area (Å²) < 4.78 is 0. The first kappa shape index (κ1) is 17.5. The molecular weight excluding hydrogens is 310 g/mol. The summed E-state index contributed by atoms with van der Waals surface area (Å²) in [6.45, 7) is 3.25. The van der Waals surface area contributed by atoms with Crippen molar-refractivity contribution in [1.29, 1.82) is 0 Å². The number of nitrogens with zero attached hydrogens (tertiary/aromatic N) is 2. The molecule has 4 unspecified atom stereocenters. The van der Waals surface area contributed by atoms with E-state index in [-0.39, 0.29) is 12.4 Å². The molecule has 0 saturated carbocycles. The molecule has 4 nitrogen and oxygen atoms in total. The number of fused-ring (bicyclic) bond motifs is 3. The van der Waals surface area contributed by atoms with Crippen molar-refractivity contribution in [2.75, 3.05) is 26.7 Å². The molecule has 0 aromatic carbocycles. The molecule has 4 heterocycles. The lowest BCUT2D eigenvalue weighted by atomic mass is 9.83. The zero-order chi connectivity index (χ0) is 15.1. The second-order valence-corrected chi connectivity index (χ2v) is 8.26. The van der Waals surface area contributed by atoms with Crippen LogP contribution in [-0.4, -0.2) is 60.5 Å². The summed E-state index contributed by atoms with van der Waals surface area (Å²) in [6.07, 6.45) is 9.72. The average Bonchev–Trinajstić information content (AvgIpc) is 2.86. The highest BCUT2D eigenvalue weighted by Gasteiger charge is 2.38. The SMILES string of the molecule is CN1CCCC2CN(C(=O)CC3CC4CCC(C3)N4)CCC21.Cl. The van der Waals surface area contributed by atoms with Crippen LogP contribution in [0.2, 0.25) is 0 Å². The first-order valence-electron chi connectivity index (χ1n) is 9.43. The van der Waals surface area contributed by atoms with Crippen LogP contribution in [-0.2, 0) is 4.79 Å². The highest BCUT2D eigenvalue weighted by Crippen LogP contribution is 2.34. The Labute approximate surface area is 146 Å². The summed E-state index contributed by atoms with van der Waals surface area (Å²) in [6, 6.07) is 2.14. The van der Waals surface area contributed by atoms with Crippen LogP contribution in [0.25, 0.3) is 0 Å². The van der Waals surface area contributed by atoms with Gasteiger partial charge in [0, 0.05) is 37.6 Å². The topological polar surface area (TPSA) is 35.6 Å². The van der Waals surface area contributed by atoms with Crippen molar-refractivity contribution < 1.29 is 4.79 Å². The summed E-state index contributed by atoms with van der Waals surface area (Å²) in [5.41, 5.74) is 0. The molecule has 4 aliphatic heterocycles. The molecule has 4 rings (SSSR count). The highest BCUT2D eigenvalue weighted by atomic mass is 35.5. The Kier molecular flexibility index (Phi) is 5.54. The van der Waals surface area contributed by atoms with Gasteiger partial charge in [0.25, 0.3) is 0 Å². The number of nitrogens with one attached hydrogen (secondary N) is 1. The number of rotatable bonds is 2. The van der Waals surface area contributed by atoms with Crippen molar-refractivity contribution in [2.45, 2.75) is 69.5 Å². The van der Waals surface area contributed by atoms with Crippen LogP contribution < -0.4 is 5.32 Å². The molecule has 0 aliphatic carbocycles. The number of carbonyl (C=O) groups excluding carboxylic acids is 1. The number of carbonyl (C=O) groups is 1. The van der Waals surface area contributed by atoms with Gasteiger partial charge in [0.15, 0.2) is 0 Å². The average molecular weight is 342 g/mol. The van der Waals surface area contributed by atoms with Gasteiger partial charge in [0.2, 0.25) is 5.91 Å². The second-order valence-electron chi connectivity index (χ2n) is 8.26. The lowest BCUT2D eigenvalue weighted by Crippen LogP contribution is -2.54. The van der Waals surface area contributed by atoms with Crippen LogP contribution in [0.1, 0.15) is 51.4 Å².